The molecule has 0 spiro atoms. The highest BCUT2D eigenvalue weighted by molar-refractivity contribution is 9.10. The third-order valence-electron chi connectivity index (χ3n) is 2.63. The van der Waals surface area contributed by atoms with Gasteiger partial charge in [0.15, 0.2) is 0 Å². The van der Waals surface area contributed by atoms with Gasteiger partial charge in [-0.25, -0.2) is 4.98 Å². The van der Waals surface area contributed by atoms with Crippen molar-refractivity contribution in [2.24, 2.45) is 0 Å². The number of anilines is 3. The van der Waals surface area contributed by atoms with Crippen molar-refractivity contribution in [3.8, 4) is 5.75 Å². The standard InChI is InChI=1S/C12H10BrClN4O/c13-8-6-16-12(14)18-11(8)17-7-1-2-10-9(5-7)15-3-4-19-10/h1-2,5-6,15H,3-4H2,(H,16,17,18). The van der Waals surface area contributed by atoms with E-state index in [1.165, 1.54) is 0 Å². The van der Waals surface area contributed by atoms with Crippen LogP contribution in [-0.2, 0) is 0 Å². The summed E-state index contributed by atoms with van der Waals surface area (Å²) in [6, 6.07) is 5.81. The summed E-state index contributed by atoms with van der Waals surface area (Å²) in [7, 11) is 0. The average Bonchev–Trinajstić information content (AvgIpc) is 2.43. The Morgan fingerprint density at radius 1 is 1.42 bits per heavy atom. The summed E-state index contributed by atoms with van der Waals surface area (Å²) >= 11 is 9.16. The van der Waals surface area contributed by atoms with E-state index in [0.29, 0.717) is 12.4 Å². The van der Waals surface area contributed by atoms with Gasteiger partial charge >= 0.3 is 0 Å². The highest BCUT2D eigenvalue weighted by atomic mass is 79.9. The van der Waals surface area contributed by atoms with Gasteiger partial charge in [0.1, 0.15) is 18.2 Å². The molecule has 0 radical (unpaired) electrons. The van der Waals surface area contributed by atoms with E-state index in [9.17, 15) is 0 Å². The van der Waals surface area contributed by atoms with E-state index in [1.54, 1.807) is 6.20 Å². The molecular weight excluding hydrogens is 332 g/mol. The van der Waals surface area contributed by atoms with Gasteiger partial charge in [-0.05, 0) is 45.7 Å². The van der Waals surface area contributed by atoms with Crippen LogP contribution in [0, 0.1) is 0 Å². The van der Waals surface area contributed by atoms with Gasteiger partial charge in [0.25, 0.3) is 0 Å². The maximum Gasteiger partial charge on any atom is 0.224 e. The van der Waals surface area contributed by atoms with Gasteiger partial charge in [-0.2, -0.15) is 4.98 Å². The molecule has 2 aromatic rings. The lowest BCUT2D eigenvalue weighted by atomic mass is 10.2. The first-order valence-electron chi connectivity index (χ1n) is 5.68. The second kappa shape index (κ2) is 5.22. The molecule has 2 N–H and O–H groups in total. The molecule has 0 amide bonds. The molecule has 19 heavy (non-hydrogen) atoms. The fraction of sp³-hybridized carbons (Fsp3) is 0.167. The molecule has 1 aliphatic rings. The lowest BCUT2D eigenvalue weighted by molar-refractivity contribution is 0.323. The van der Waals surface area contributed by atoms with Crippen LogP contribution in [0.25, 0.3) is 0 Å². The van der Waals surface area contributed by atoms with Crippen molar-refractivity contribution in [1.29, 1.82) is 0 Å². The van der Waals surface area contributed by atoms with Crippen molar-refractivity contribution in [2.45, 2.75) is 0 Å². The summed E-state index contributed by atoms with van der Waals surface area (Å²) in [5.74, 6) is 1.48. The third kappa shape index (κ3) is 2.74. The molecule has 1 aromatic carbocycles. The molecule has 5 nitrogen and oxygen atoms in total. The fourth-order valence-electron chi connectivity index (χ4n) is 1.79. The summed E-state index contributed by atoms with van der Waals surface area (Å²) < 4.78 is 6.27. The molecule has 0 saturated carbocycles. The number of aromatic nitrogens is 2. The van der Waals surface area contributed by atoms with Crippen LogP contribution >= 0.6 is 27.5 Å². The number of nitrogens with zero attached hydrogens (tertiary/aromatic N) is 2. The van der Waals surface area contributed by atoms with Crippen LogP contribution in [0.4, 0.5) is 17.2 Å². The molecule has 1 aliphatic heterocycles. The Balaban J connectivity index is 1.89. The summed E-state index contributed by atoms with van der Waals surface area (Å²) in [6.45, 7) is 1.49. The molecule has 0 bridgehead atoms. The molecule has 0 unspecified atom stereocenters. The topological polar surface area (TPSA) is 59.1 Å². The Bertz CT molecular complexity index is 623. The van der Waals surface area contributed by atoms with Crippen LogP contribution in [0.1, 0.15) is 0 Å². The Morgan fingerprint density at radius 2 is 2.32 bits per heavy atom. The number of fused-ring (bicyclic) bond motifs is 1. The van der Waals surface area contributed by atoms with Gasteiger partial charge in [0.05, 0.1) is 10.2 Å². The van der Waals surface area contributed by atoms with Crippen molar-refractivity contribution in [2.75, 3.05) is 23.8 Å². The molecule has 0 fully saturated rings. The van der Waals surface area contributed by atoms with Crippen molar-refractivity contribution < 1.29 is 4.74 Å². The molecule has 0 aliphatic carbocycles. The Labute approximate surface area is 123 Å². The largest absolute Gasteiger partial charge is 0.490 e. The van der Waals surface area contributed by atoms with Crippen molar-refractivity contribution >= 4 is 44.7 Å². The number of hydrogen-bond acceptors (Lipinski definition) is 5. The number of benzene rings is 1. The third-order valence-corrected chi connectivity index (χ3v) is 3.39. The first-order chi connectivity index (χ1) is 9.22. The van der Waals surface area contributed by atoms with Gasteiger partial charge in [-0.3, -0.25) is 0 Å². The van der Waals surface area contributed by atoms with Gasteiger partial charge in [0, 0.05) is 18.4 Å². The van der Waals surface area contributed by atoms with E-state index in [2.05, 4.69) is 36.5 Å². The number of ether oxygens (including phenoxy) is 1. The quantitative estimate of drug-likeness (QED) is 0.820. The lowest BCUT2D eigenvalue weighted by Crippen LogP contribution is -2.17. The minimum Gasteiger partial charge on any atom is -0.490 e. The van der Waals surface area contributed by atoms with Crippen LogP contribution in [0.5, 0.6) is 5.75 Å². The summed E-state index contributed by atoms with van der Waals surface area (Å²) in [4.78, 5) is 8.01. The Hall–Kier alpha value is -1.53. The number of nitrogens with one attached hydrogen (secondary N) is 2. The number of rotatable bonds is 2. The smallest absolute Gasteiger partial charge is 0.224 e. The number of halogens is 2. The van der Waals surface area contributed by atoms with E-state index < -0.39 is 0 Å². The van der Waals surface area contributed by atoms with Crippen LogP contribution in [0.3, 0.4) is 0 Å². The van der Waals surface area contributed by atoms with E-state index >= 15 is 0 Å². The molecule has 98 valence electrons. The van der Waals surface area contributed by atoms with Gasteiger partial charge in [-0.15, -0.1) is 0 Å². The van der Waals surface area contributed by atoms with E-state index in [0.717, 1.165) is 28.1 Å². The predicted molar refractivity (Wildman–Crippen MR) is 78.5 cm³/mol. The zero-order valence-electron chi connectivity index (χ0n) is 9.78. The summed E-state index contributed by atoms with van der Waals surface area (Å²) in [6.07, 6.45) is 1.61. The molecule has 2 heterocycles. The zero-order chi connectivity index (χ0) is 13.2. The number of hydrogen-bond donors (Lipinski definition) is 2. The van der Waals surface area contributed by atoms with Gasteiger partial charge in [0.2, 0.25) is 5.28 Å². The SMILES string of the molecule is Clc1ncc(Br)c(Nc2ccc3c(c2)NCCO3)n1. The Morgan fingerprint density at radius 3 is 3.21 bits per heavy atom. The summed E-state index contributed by atoms with van der Waals surface area (Å²) in [5, 5.41) is 6.66. The van der Waals surface area contributed by atoms with E-state index in [4.69, 9.17) is 16.3 Å². The normalized spacial score (nSPS) is 13.2. The second-order valence-corrected chi connectivity index (χ2v) is 5.14. The monoisotopic (exact) mass is 340 g/mol. The predicted octanol–water partition coefficient (Wildman–Crippen LogP) is 3.44. The van der Waals surface area contributed by atoms with Crippen LogP contribution in [-0.4, -0.2) is 23.1 Å². The minimum atomic E-state index is 0.199. The second-order valence-electron chi connectivity index (χ2n) is 3.95. The van der Waals surface area contributed by atoms with Crippen LogP contribution in [0.15, 0.2) is 28.9 Å². The molecule has 3 rings (SSSR count). The molecule has 7 heteroatoms. The highest BCUT2D eigenvalue weighted by Gasteiger charge is 2.11. The Kier molecular flexibility index (Phi) is 3.44. The molecular formula is C12H10BrClN4O. The maximum absolute atomic E-state index is 5.78. The first kappa shape index (κ1) is 12.5. The molecule has 0 atom stereocenters. The molecule has 1 aromatic heterocycles. The molecule has 0 saturated heterocycles. The zero-order valence-corrected chi connectivity index (χ0v) is 12.1. The lowest BCUT2D eigenvalue weighted by Gasteiger charge is -2.20. The van der Waals surface area contributed by atoms with Crippen LogP contribution in [0.2, 0.25) is 5.28 Å². The van der Waals surface area contributed by atoms with E-state index in [-0.39, 0.29) is 5.28 Å². The highest BCUT2D eigenvalue weighted by Crippen LogP contribution is 2.32. The van der Waals surface area contributed by atoms with Crippen molar-refractivity contribution in [3.05, 3.63) is 34.2 Å². The summed E-state index contributed by atoms with van der Waals surface area (Å²) in [5.41, 5.74) is 1.86. The van der Waals surface area contributed by atoms with Gasteiger partial charge in [-0.1, -0.05) is 0 Å². The maximum atomic E-state index is 5.78. The van der Waals surface area contributed by atoms with Crippen LogP contribution < -0.4 is 15.4 Å². The fourth-order valence-corrected chi connectivity index (χ4v) is 2.21. The average molecular weight is 342 g/mol. The van der Waals surface area contributed by atoms with Gasteiger partial charge < -0.3 is 15.4 Å². The van der Waals surface area contributed by atoms with E-state index in [1.807, 2.05) is 18.2 Å². The van der Waals surface area contributed by atoms with Crippen molar-refractivity contribution in [3.63, 3.8) is 0 Å². The first-order valence-corrected chi connectivity index (χ1v) is 6.85. The van der Waals surface area contributed by atoms with Crippen molar-refractivity contribution in [1.82, 2.24) is 9.97 Å². The minimum absolute atomic E-state index is 0.199.